The zero-order valence-corrected chi connectivity index (χ0v) is 13.8. The van der Waals surface area contributed by atoms with Gasteiger partial charge in [-0.3, -0.25) is 4.90 Å². The van der Waals surface area contributed by atoms with E-state index in [0.29, 0.717) is 18.0 Å². The van der Waals surface area contributed by atoms with Gasteiger partial charge in [0.15, 0.2) is 5.79 Å². The van der Waals surface area contributed by atoms with E-state index in [-0.39, 0.29) is 5.79 Å². The molecule has 0 N–H and O–H groups in total. The minimum absolute atomic E-state index is 0.346. The number of benzene rings is 1. The molecule has 3 unspecified atom stereocenters. The molecule has 4 rings (SSSR count). The Morgan fingerprint density at radius 1 is 1.14 bits per heavy atom. The molecule has 1 aromatic carbocycles. The molecule has 1 spiro atoms. The quantitative estimate of drug-likeness (QED) is 0.834. The number of hydrogen-bond acceptors (Lipinski definition) is 3. The average Bonchev–Trinajstić information content (AvgIpc) is 3.02. The van der Waals surface area contributed by atoms with Crippen molar-refractivity contribution in [2.45, 2.75) is 57.4 Å². The van der Waals surface area contributed by atoms with Crippen LogP contribution in [0.15, 0.2) is 24.3 Å². The van der Waals surface area contributed by atoms with Crippen LogP contribution in [-0.2, 0) is 15.9 Å². The van der Waals surface area contributed by atoms with Gasteiger partial charge in [-0.2, -0.15) is 0 Å². The summed E-state index contributed by atoms with van der Waals surface area (Å²) in [4.78, 5) is 2.74. The van der Waals surface area contributed by atoms with Crippen LogP contribution in [0.5, 0.6) is 0 Å². The van der Waals surface area contributed by atoms with Gasteiger partial charge < -0.3 is 9.47 Å². The predicted molar refractivity (Wildman–Crippen MR) is 86.7 cm³/mol. The zero-order chi connectivity index (χ0) is 15.2. The molecule has 3 nitrogen and oxygen atoms in total. The van der Waals surface area contributed by atoms with Gasteiger partial charge in [-0.1, -0.05) is 38.1 Å². The summed E-state index contributed by atoms with van der Waals surface area (Å²) < 4.78 is 12.5. The lowest BCUT2D eigenvalue weighted by atomic mass is 9.73. The molecule has 0 bridgehead atoms. The van der Waals surface area contributed by atoms with E-state index >= 15 is 0 Å². The third kappa shape index (κ3) is 2.06. The normalized spacial score (nSPS) is 33.6. The summed E-state index contributed by atoms with van der Waals surface area (Å²) in [5.74, 6) is 0.141. The second-order valence-corrected chi connectivity index (χ2v) is 6.91. The van der Waals surface area contributed by atoms with Crippen LogP contribution in [0.25, 0.3) is 0 Å². The molecule has 0 aliphatic carbocycles. The lowest BCUT2D eigenvalue weighted by Gasteiger charge is -2.55. The molecule has 1 aromatic rings. The van der Waals surface area contributed by atoms with E-state index in [0.717, 1.165) is 26.1 Å². The molecule has 0 amide bonds. The van der Waals surface area contributed by atoms with Crippen LogP contribution in [0.2, 0.25) is 0 Å². The number of ether oxygens (including phenoxy) is 2. The van der Waals surface area contributed by atoms with Gasteiger partial charge in [0.2, 0.25) is 0 Å². The summed E-state index contributed by atoms with van der Waals surface area (Å²) in [6, 6.07) is 9.97. The molecule has 120 valence electrons. The molecule has 0 radical (unpaired) electrons. The van der Waals surface area contributed by atoms with Gasteiger partial charge in [0.25, 0.3) is 0 Å². The summed E-state index contributed by atoms with van der Waals surface area (Å²) in [7, 11) is 0. The van der Waals surface area contributed by atoms with Gasteiger partial charge in [-0.25, -0.2) is 0 Å². The molecular formula is C19H27NO2. The molecule has 22 heavy (non-hydrogen) atoms. The Hall–Kier alpha value is -0.900. The van der Waals surface area contributed by atoms with E-state index in [2.05, 4.69) is 43.0 Å². The Labute approximate surface area is 133 Å². The minimum atomic E-state index is -0.346. The number of hydrogen-bond donors (Lipinski definition) is 0. The van der Waals surface area contributed by atoms with Crippen LogP contribution in [-0.4, -0.2) is 36.5 Å². The second-order valence-electron chi connectivity index (χ2n) is 6.91. The van der Waals surface area contributed by atoms with Crippen molar-refractivity contribution in [3.8, 4) is 0 Å². The van der Waals surface area contributed by atoms with E-state index in [9.17, 15) is 0 Å². The number of fused-ring (bicyclic) bond motifs is 3. The third-order valence-corrected chi connectivity index (χ3v) is 6.02. The maximum Gasteiger partial charge on any atom is 0.174 e. The van der Waals surface area contributed by atoms with E-state index in [1.54, 1.807) is 0 Å². The number of rotatable bonds is 2. The van der Waals surface area contributed by atoms with Gasteiger partial charge in [0.1, 0.15) is 0 Å². The third-order valence-electron chi connectivity index (χ3n) is 6.02. The molecule has 3 atom stereocenters. The zero-order valence-electron chi connectivity index (χ0n) is 13.8. The highest BCUT2D eigenvalue weighted by Crippen LogP contribution is 2.51. The van der Waals surface area contributed by atoms with Crippen molar-refractivity contribution in [2.75, 3.05) is 19.8 Å². The van der Waals surface area contributed by atoms with E-state index in [1.807, 2.05) is 0 Å². The lowest BCUT2D eigenvalue weighted by molar-refractivity contribution is -0.250. The van der Waals surface area contributed by atoms with Gasteiger partial charge >= 0.3 is 0 Å². The van der Waals surface area contributed by atoms with Crippen LogP contribution in [0, 0.1) is 5.92 Å². The first-order valence-electron chi connectivity index (χ1n) is 8.90. The highest BCUT2D eigenvalue weighted by atomic mass is 16.7. The van der Waals surface area contributed by atoms with E-state index in [1.165, 1.54) is 30.5 Å². The summed E-state index contributed by atoms with van der Waals surface area (Å²) >= 11 is 0. The topological polar surface area (TPSA) is 21.7 Å². The van der Waals surface area contributed by atoms with E-state index < -0.39 is 0 Å². The van der Waals surface area contributed by atoms with E-state index in [4.69, 9.17) is 9.47 Å². The van der Waals surface area contributed by atoms with Gasteiger partial charge in [-0.05, 0) is 30.4 Å². The Morgan fingerprint density at radius 2 is 1.91 bits per heavy atom. The summed E-state index contributed by atoms with van der Waals surface area (Å²) in [5.41, 5.74) is 3.02. The smallest absolute Gasteiger partial charge is 0.174 e. The fraction of sp³-hybridized carbons (Fsp3) is 0.684. The van der Waals surface area contributed by atoms with Crippen LogP contribution >= 0.6 is 0 Å². The number of nitrogens with zero attached hydrogens (tertiary/aromatic N) is 1. The first-order valence-corrected chi connectivity index (χ1v) is 8.90. The largest absolute Gasteiger partial charge is 0.347 e. The summed E-state index contributed by atoms with van der Waals surface area (Å²) in [6.07, 6.45) is 4.46. The fourth-order valence-corrected chi connectivity index (χ4v) is 5.14. The fourth-order valence-electron chi connectivity index (χ4n) is 5.14. The predicted octanol–water partition coefficient (Wildman–Crippen LogP) is 3.54. The maximum absolute atomic E-state index is 6.23. The van der Waals surface area contributed by atoms with Crippen LogP contribution in [0.3, 0.4) is 0 Å². The molecule has 0 aromatic heterocycles. The Balaban J connectivity index is 1.76. The van der Waals surface area contributed by atoms with Crippen molar-refractivity contribution >= 4 is 0 Å². The minimum Gasteiger partial charge on any atom is -0.347 e. The Kier molecular flexibility index (Phi) is 3.75. The lowest BCUT2D eigenvalue weighted by Crippen LogP contribution is -2.60. The molecule has 2 saturated heterocycles. The van der Waals surface area contributed by atoms with Crippen LogP contribution < -0.4 is 0 Å². The summed E-state index contributed by atoms with van der Waals surface area (Å²) in [5, 5.41) is 0. The first kappa shape index (κ1) is 14.7. The highest BCUT2D eigenvalue weighted by molar-refractivity contribution is 5.34. The van der Waals surface area contributed by atoms with Crippen molar-refractivity contribution in [3.63, 3.8) is 0 Å². The molecule has 3 aliphatic rings. The molecule has 3 heteroatoms. The molecule has 3 heterocycles. The van der Waals surface area contributed by atoms with Crippen LogP contribution in [0.4, 0.5) is 0 Å². The Morgan fingerprint density at radius 3 is 2.64 bits per heavy atom. The molecule has 2 fully saturated rings. The highest BCUT2D eigenvalue weighted by Gasteiger charge is 2.55. The van der Waals surface area contributed by atoms with Crippen molar-refractivity contribution in [1.29, 1.82) is 0 Å². The van der Waals surface area contributed by atoms with Crippen molar-refractivity contribution in [2.24, 2.45) is 5.92 Å². The monoisotopic (exact) mass is 301 g/mol. The van der Waals surface area contributed by atoms with Crippen molar-refractivity contribution < 1.29 is 9.47 Å². The van der Waals surface area contributed by atoms with Crippen molar-refractivity contribution in [3.05, 3.63) is 35.4 Å². The second kappa shape index (κ2) is 5.63. The molecular weight excluding hydrogens is 274 g/mol. The van der Waals surface area contributed by atoms with Gasteiger partial charge in [0.05, 0.1) is 13.2 Å². The van der Waals surface area contributed by atoms with Gasteiger partial charge in [0, 0.05) is 31.0 Å². The first-order chi connectivity index (χ1) is 10.8. The van der Waals surface area contributed by atoms with Gasteiger partial charge in [-0.15, -0.1) is 0 Å². The molecule has 0 saturated carbocycles. The Bertz CT molecular complexity index is 538. The van der Waals surface area contributed by atoms with Crippen LogP contribution in [0.1, 0.15) is 50.3 Å². The molecule has 3 aliphatic heterocycles. The average molecular weight is 301 g/mol. The van der Waals surface area contributed by atoms with Crippen molar-refractivity contribution in [1.82, 2.24) is 4.90 Å². The maximum atomic E-state index is 6.23. The standard InChI is InChI=1S/C19H27NO2/c1-3-16-17(4-2)20-10-9-14-7-5-6-8-15(14)18(20)13-19(16)21-11-12-22-19/h5-8,16-18H,3-4,9-13H2,1-2H3. The summed E-state index contributed by atoms with van der Waals surface area (Å²) in [6.45, 7) is 7.28. The number of piperidine rings is 1. The SMILES string of the molecule is CCC1C(CC)C2(CC3c4ccccc4CCN31)OCCO2.